The van der Waals surface area contributed by atoms with Crippen LogP contribution in [0.4, 0.5) is 0 Å². The van der Waals surface area contributed by atoms with Gasteiger partial charge in [-0.2, -0.15) is 0 Å². The molecular weight excluding hydrogens is 288 g/mol. The van der Waals surface area contributed by atoms with Crippen LogP contribution in [0.25, 0.3) is 6.08 Å². The monoisotopic (exact) mass is 310 g/mol. The molecule has 0 aromatic carbocycles. The van der Waals surface area contributed by atoms with Crippen molar-refractivity contribution in [2.75, 3.05) is 27.2 Å². The van der Waals surface area contributed by atoms with E-state index in [9.17, 15) is 9.90 Å². The van der Waals surface area contributed by atoms with E-state index in [0.29, 0.717) is 12.6 Å². The number of likely N-dealkylation sites (tertiary alicyclic amines) is 1. The Labute approximate surface area is 129 Å². The third-order valence-corrected chi connectivity index (χ3v) is 4.54. The van der Waals surface area contributed by atoms with Gasteiger partial charge in [0.2, 0.25) is 0 Å². The van der Waals surface area contributed by atoms with E-state index in [1.54, 1.807) is 17.4 Å². The number of β-amino-alcohol motifs (C(OH)–C–C–N with tert-alkyl or cyclic N) is 1. The van der Waals surface area contributed by atoms with Crippen molar-refractivity contribution < 1.29 is 15.0 Å². The molecule has 1 aliphatic rings. The second-order valence-corrected chi connectivity index (χ2v) is 6.71. The van der Waals surface area contributed by atoms with Crippen LogP contribution < -0.4 is 0 Å². The molecule has 1 aromatic rings. The van der Waals surface area contributed by atoms with Crippen LogP contribution in [-0.4, -0.2) is 65.3 Å². The maximum Gasteiger partial charge on any atom is 0.328 e. The number of carboxylic acids is 1. The Balaban J connectivity index is 2.06. The highest BCUT2D eigenvalue weighted by molar-refractivity contribution is 7.10. The van der Waals surface area contributed by atoms with Gasteiger partial charge in [-0.25, -0.2) is 4.79 Å². The molecule has 0 saturated carbocycles. The van der Waals surface area contributed by atoms with Crippen molar-refractivity contribution in [1.82, 2.24) is 9.80 Å². The molecular formula is C15H22N2O3S. The van der Waals surface area contributed by atoms with E-state index in [1.807, 2.05) is 25.5 Å². The molecule has 1 fully saturated rings. The second kappa shape index (κ2) is 7.17. The first-order valence-electron chi connectivity index (χ1n) is 7.00. The van der Waals surface area contributed by atoms with E-state index in [0.717, 1.165) is 30.0 Å². The largest absolute Gasteiger partial charge is 0.478 e. The molecule has 6 heteroatoms. The number of thiophene rings is 1. The zero-order valence-electron chi connectivity index (χ0n) is 12.4. The highest BCUT2D eigenvalue weighted by Crippen LogP contribution is 2.26. The minimum atomic E-state index is -0.936. The Hall–Kier alpha value is -1.21. The summed E-state index contributed by atoms with van der Waals surface area (Å²) >= 11 is 1.63. The zero-order valence-corrected chi connectivity index (χ0v) is 13.2. The van der Waals surface area contributed by atoms with Gasteiger partial charge in [-0.1, -0.05) is 0 Å². The van der Waals surface area contributed by atoms with Crippen LogP contribution >= 0.6 is 11.3 Å². The number of hydrogen-bond acceptors (Lipinski definition) is 5. The molecule has 2 heterocycles. The molecule has 0 spiro atoms. The van der Waals surface area contributed by atoms with E-state index < -0.39 is 5.97 Å². The third-order valence-electron chi connectivity index (χ3n) is 3.61. The van der Waals surface area contributed by atoms with Crippen molar-refractivity contribution in [3.8, 4) is 0 Å². The van der Waals surface area contributed by atoms with E-state index in [2.05, 4.69) is 9.80 Å². The van der Waals surface area contributed by atoms with Crippen LogP contribution in [0.1, 0.15) is 16.9 Å². The number of aliphatic carboxylic acids is 1. The molecule has 1 aromatic heterocycles. The molecule has 1 aliphatic heterocycles. The number of carbonyl (C=O) groups is 1. The number of aliphatic hydroxyl groups excluding tert-OH is 1. The molecule has 2 unspecified atom stereocenters. The van der Waals surface area contributed by atoms with Gasteiger partial charge >= 0.3 is 5.97 Å². The van der Waals surface area contributed by atoms with Gasteiger partial charge in [-0.05, 0) is 43.6 Å². The number of aliphatic hydroxyl groups is 1. The molecule has 116 valence electrons. The van der Waals surface area contributed by atoms with Crippen LogP contribution in [0.3, 0.4) is 0 Å². The molecule has 0 amide bonds. The Bertz CT molecular complexity index is 513. The Kier molecular flexibility index (Phi) is 5.52. The van der Waals surface area contributed by atoms with Crippen molar-refractivity contribution in [2.45, 2.75) is 25.1 Å². The fourth-order valence-corrected chi connectivity index (χ4v) is 3.63. The topological polar surface area (TPSA) is 64.0 Å². The maximum atomic E-state index is 10.6. The highest BCUT2D eigenvalue weighted by atomic mass is 32.1. The van der Waals surface area contributed by atoms with Crippen LogP contribution in [0.5, 0.6) is 0 Å². The van der Waals surface area contributed by atoms with Crippen LogP contribution in [0, 0.1) is 0 Å². The van der Waals surface area contributed by atoms with Crippen molar-refractivity contribution >= 4 is 23.4 Å². The van der Waals surface area contributed by atoms with Gasteiger partial charge in [-0.3, -0.25) is 4.90 Å². The summed E-state index contributed by atoms with van der Waals surface area (Å²) in [6.07, 6.45) is 3.33. The first-order chi connectivity index (χ1) is 9.95. The quantitative estimate of drug-likeness (QED) is 0.777. The molecule has 2 atom stereocenters. The first-order valence-corrected chi connectivity index (χ1v) is 7.88. The lowest BCUT2D eigenvalue weighted by Gasteiger charge is -2.26. The predicted octanol–water partition coefficient (Wildman–Crippen LogP) is 1.34. The SMILES string of the molecule is CN(C)CC1CC(O)CN1Cc1sccc1C=CC(=O)O. The number of carboxylic acid groups (broad SMARTS) is 1. The summed E-state index contributed by atoms with van der Waals surface area (Å²) in [7, 11) is 4.07. The summed E-state index contributed by atoms with van der Waals surface area (Å²) in [6.45, 7) is 2.35. The van der Waals surface area contributed by atoms with Gasteiger partial charge in [0.15, 0.2) is 0 Å². The Morgan fingerprint density at radius 1 is 1.57 bits per heavy atom. The van der Waals surface area contributed by atoms with Crippen LogP contribution in [0.2, 0.25) is 0 Å². The van der Waals surface area contributed by atoms with Crippen molar-refractivity contribution in [3.63, 3.8) is 0 Å². The number of likely N-dealkylation sites (N-methyl/N-ethyl adjacent to an activating group) is 1. The van der Waals surface area contributed by atoms with E-state index >= 15 is 0 Å². The lowest BCUT2D eigenvalue weighted by atomic mass is 10.2. The molecule has 0 bridgehead atoms. The standard InChI is InChI=1S/C15H22N2O3S/c1-16(2)8-12-7-13(18)9-17(12)10-14-11(5-6-21-14)3-4-15(19)20/h3-6,12-13,18H,7-10H2,1-2H3,(H,19,20). The summed E-state index contributed by atoms with van der Waals surface area (Å²) in [6, 6.07) is 2.28. The fourth-order valence-electron chi connectivity index (χ4n) is 2.74. The van der Waals surface area contributed by atoms with Gasteiger partial charge in [0.05, 0.1) is 6.10 Å². The average molecular weight is 310 g/mol. The minimum Gasteiger partial charge on any atom is -0.478 e. The third kappa shape index (κ3) is 4.64. The number of rotatable bonds is 6. The smallest absolute Gasteiger partial charge is 0.328 e. The molecule has 21 heavy (non-hydrogen) atoms. The normalized spacial score (nSPS) is 23.4. The van der Waals surface area contributed by atoms with E-state index in [4.69, 9.17) is 5.11 Å². The predicted molar refractivity (Wildman–Crippen MR) is 84.4 cm³/mol. The van der Waals surface area contributed by atoms with Crippen molar-refractivity contribution in [1.29, 1.82) is 0 Å². The summed E-state index contributed by atoms with van der Waals surface area (Å²) in [5.41, 5.74) is 0.951. The first kappa shape index (κ1) is 16.2. The molecule has 1 saturated heterocycles. The number of hydrogen-bond donors (Lipinski definition) is 2. The van der Waals surface area contributed by atoms with Crippen molar-refractivity contribution in [3.05, 3.63) is 28.0 Å². The van der Waals surface area contributed by atoms with Gasteiger partial charge in [0.25, 0.3) is 0 Å². The van der Waals surface area contributed by atoms with Crippen LogP contribution in [0.15, 0.2) is 17.5 Å². The second-order valence-electron chi connectivity index (χ2n) is 5.71. The maximum absolute atomic E-state index is 10.6. The minimum absolute atomic E-state index is 0.270. The summed E-state index contributed by atoms with van der Waals surface area (Å²) in [5.74, 6) is -0.936. The Morgan fingerprint density at radius 3 is 3.00 bits per heavy atom. The molecule has 2 rings (SSSR count). The molecule has 0 radical (unpaired) electrons. The lowest BCUT2D eigenvalue weighted by molar-refractivity contribution is -0.131. The van der Waals surface area contributed by atoms with Gasteiger partial charge < -0.3 is 15.1 Å². The number of nitrogens with zero attached hydrogens (tertiary/aromatic N) is 2. The summed E-state index contributed by atoms with van der Waals surface area (Å²) in [4.78, 5) is 16.2. The zero-order chi connectivity index (χ0) is 15.4. The van der Waals surface area contributed by atoms with Gasteiger partial charge in [-0.15, -0.1) is 11.3 Å². The summed E-state index contributed by atoms with van der Waals surface area (Å²) < 4.78 is 0. The van der Waals surface area contributed by atoms with Gasteiger partial charge in [0.1, 0.15) is 0 Å². The molecule has 0 aliphatic carbocycles. The molecule has 2 N–H and O–H groups in total. The Morgan fingerprint density at radius 2 is 2.33 bits per heavy atom. The molecule has 5 nitrogen and oxygen atoms in total. The van der Waals surface area contributed by atoms with E-state index in [-0.39, 0.29) is 6.10 Å². The van der Waals surface area contributed by atoms with Crippen LogP contribution in [-0.2, 0) is 11.3 Å². The fraction of sp³-hybridized carbons (Fsp3) is 0.533. The average Bonchev–Trinajstić information content (AvgIpc) is 2.94. The van der Waals surface area contributed by atoms with E-state index in [1.165, 1.54) is 6.08 Å². The summed E-state index contributed by atoms with van der Waals surface area (Å²) in [5, 5.41) is 20.6. The lowest BCUT2D eigenvalue weighted by Crippen LogP contribution is -2.37. The van der Waals surface area contributed by atoms with Crippen molar-refractivity contribution in [2.24, 2.45) is 0 Å². The van der Waals surface area contributed by atoms with Gasteiger partial charge in [0, 0.05) is 36.6 Å². The highest BCUT2D eigenvalue weighted by Gasteiger charge is 2.31.